The molecule has 6 nitrogen and oxygen atoms in total. The lowest BCUT2D eigenvalue weighted by molar-refractivity contribution is 0.0928. The van der Waals surface area contributed by atoms with E-state index in [0.29, 0.717) is 17.8 Å². The number of amides is 1. The SMILES string of the molecule is Cc1ccc(CNNC(=O)c2cc(C)nnc2Oc2cccc(C3CC3)c2F)c(C)c1. The lowest BCUT2D eigenvalue weighted by atomic mass is 10.1. The number of nitrogens with one attached hydrogen (secondary N) is 2. The number of hydrogen-bond acceptors (Lipinski definition) is 5. The number of aryl methyl sites for hydroxylation is 3. The minimum Gasteiger partial charge on any atom is -0.434 e. The molecule has 0 saturated heterocycles. The summed E-state index contributed by atoms with van der Waals surface area (Å²) >= 11 is 0. The third-order valence-corrected chi connectivity index (χ3v) is 5.32. The highest BCUT2D eigenvalue weighted by atomic mass is 19.1. The molecule has 0 spiro atoms. The van der Waals surface area contributed by atoms with Crippen molar-refractivity contribution in [2.45, 2.75) is 46.1 Å². The fourth-order valence-corrected chi connectivity index (χ4v) is 3.47. The summed E-state index contributed by atoms with van der Waals surface area (Å²) in [7, 11) is 0. The quantitative estimate of drug-likeness (QED) is 0.545. The molecule has 1 aromatic heterocycles. The monoisotopic (exact) mass is 420 g/mol. The molecule has 1 amide bonds. The summed E-state index contributed by atoms with van der Waals surface area (Å²) < 4.78 is 20.5. The van der Waals surface area contributed by atoms with E-state index in [0.717, 1.165) is 24.0 Å². The van der Waals surface area contributed by atoms with Crippen LogP contribution in [0.15, 0.2) is 42.5 Å². The second-order valence-corrected chi connectivity index (χ2v) is 7.98. The predicted molar refractivity (Wildman–Crippen MR) is 115 cm³/mol. The average molecular weight is 420 g/mol. The van der Waals surface area contributed by atoms with E-state index in [-0.39, 0.29) is 23.1 Å². The summed E-state index contributed by atoms with van der Waals surface area (Å²) in [6.07, 6.45) is 1.95. The summed E-state index contributed by atoms with van der Waals surface area (Å²) in [5, 5.41) is 7.96. The van der Waals surface area contributed by atoms with Gasteiger partial charge in [-0.2, -0.15) is 5.10 Å². The molecular weight excluding hydrogens is 395 g/mol. The molecule has 0 bridgehead atoms. The fraction of sp³-hybridized carbons (Fsp3) is 0.292. The summed E-state index contributed by atoms with van der Waals surface area (Å²) in [6.45, 7) is 6.25. The van der Waals surface area contributed by atoms with Gasteiger partial charge in [-0.3, -0.25) is 10.2 Å². The molecule has 0 unspecified atom stereocenters. The second-order valence-electron chi connectivity index (χ2n) is 7.98. The first-order valence-corrected chi connectivity index (χ1v) is 10.3. The van der Waals surface area contributed by atoms with Crippen molar-refractivity contribution in [3.63, 3.8) is 0 Å². The van der Waals surface area contributed by atoms with E-state index in [1.165, 1.54) is 11.6 Å². The number of benzene rings is 2. The van der Waals surface area contributed by atoms with Crippen molar-refractivity contribution in [3.05, 3.63) is 81.8 Å². The highest BCUT2D eigenvalue weighted by molar-refractivity contribution is 5.96. The number of nitrogens with zero attached hydrogens (tertiary/aromatic N) is 2. The second kappa shape index (κ2) is 8.81. The maximum absolute atomic E-state index is 14.8. The van der Waals surface area contributed by atoms with E-state index in [2.05, 4.69) is 27.1 Å². The van der Waals surface area contributed by atoms with Gasteiger partial charge in [-0.15, -0.1) is 5.10 Å². The molecule has 0 radical (unpaired) electrons. The van der Waals surface area contributed by atoms with Gasteiger partial charge in [0, 0.05) is 6.54 Å². The van der Waals surface area contributed by atoms with Crippen LogP contribution in [-0.4, -0.2) is 16.1 Å². The average Bonchev–Trinajstić information content (AvgIpc) is 3.57. The summed E-state index contributed by atoms with van der Waals surface area (Å²) in [4.78, 5) is 12.8. The van der Waals surface area contributed by atoms with Crippen LogP contribution in [0.5, 0.6) is 11.6 Å². The van der Waals surface area contributed by atoms with E-state index in [1.54, 1.807) is 25.1 Å². The Hall–Kier alpha value is -3.32. The van der Waals surface area contributed by atoms with Gasteiger partial charge in [-0.1, -0.05) is 35.9 Å². The van der Waals surface area contributed by atoms with E-state index >= 15 is 0 Å². The lowest BCUT2D eigenvalue weighted by Crippen LogP contribution is -2.37. The molecule has 1 fully saturated rings. The van der Waals surface area contributed by atoms with Gasteiger partial charge in [0.15, 0.2) is 11.6 Å². The van der Waals surface area contributed by atoms with Gasteiger partial charge in [0.25, 0.3) is 11.8 Å². The van der Waals surface area contributed by atoms with E-state index in [4.69, 9.17) is 4.74 Å². The Kier molecular flexibility index (Phi) is 5.95. The molecule has 1 aliphatic carbocycles. The van der Waals surface area contributed by atoms with Gasteiger partial charge in [0.2, 0.25) is 0 Å². The maximum atomic E-state index is 14.8. The molecule has 31 heavy (non-hydrogen) atoms. The van der Waals surface area contributed by atoms with Crippen LogP contribution in [0.25, 0.3) is 0 Å². The minimum atomic E-state index is -0.434. The van der Waals surface area contributed by atoms with Gasteiger partial charge in [-0.05, 0) is 68.4 Å². The van der Waals surface area contributed by atoms with Crippen molar-refractivity contribution in [1.29, 1.82) is 0 Å². The van der Waals surface area contributed by atoms with E-state index in [1.807, 2.05) is 26.0 Å². The Morgan fingerprint density at radius 1 is 1.13 bits per heavy atom. The van der Waals surface area contributed by atoms with Crippen molar-refractivity contribution >= 4 is 5.91 Å². The zero-order chi connectivity index (χ0) is 22.0. The van der Waals surface area contributed by atoms with E-state index in [9.17, 15) is 9.18 Å². The smallest absolute Gasteiger partial charge is 0.271 e. The number of hydrogen-bond donors (Lipinski definition) is 2. The first-order chi connectivity index (χ1) is 14.9. The van der Waals surface area contributed by atoms with E-state index < -0.39 is 11.7 Å². The molecule has 2 N–H and O–H groups in total. The van der Waals surface area contributed by atoms with Crippen molar-refractivity contribution in [2.24, 2.45) is 0 Å². The Balaban J connectivity index is 1.49. The van der Waals surface area contributed by atoms with Gasteiger partial charge < -0.3 is 4.74 Å². The Labute approximate surface area is 180 Å². The molecule has 1 saturated carbocycles. The number of carbonyl (C=O) groups excluding carboxylic acids is 1. The molecule has 1 heterocycles. The van der Waals surface area contributed by atoms with Gasteiger partial charge in [-0.25, -0.2) is 9.82 Å². The molecule has 3 aromatic rings. The fourth-order valence-electron chi connectivity index (χ4n) is 3.47. The minimum absolute atomic E-state index is 0.0386. The summed E-state index contributed by atoms with van der Waals surface area (Å²) in [5.41, 5.74) is 10.4. The molecule has 2 aromatic carbocycles. The van der Waals surface area contributed by atoms with Crippen molar-refractivity contribution < 1.29 is 13.9 Å². The van der Waals surface area contributed by atoms with Gasteiger partial charge in [0.05, 0.1) is 5.69 Å². The van der Waals surface area contributed by atoms with Crippen LogP contribution in [0.2, 0.25) is 0 Å². The third kappa shape index (κ3) is 4.88. The van der Waals surface area contributed by atoms with Crippen LogP contribution in [0, 0.1) is 26.6 Å². The highest BCUT2D eigenvalue weighted by Crippen LogP contribution is 2.43. The standard InChI is InChI=1S/C24H25FN4O2/c1-14-7-8-18(15(2)11-14)13-26-28-23(30)20-12-16(3)27-29-24(20)31-21-6-4-5-19(22(21)25)17-9-10-17/h4-8,11-12,17,26H,9-10,13H2,1-3H3,(H,28,30). The van der Waals surface area contributed by atoms with Crippen LogP contribution < -0.4 is 15.6 Å². The van der Waals surface area contributed by atoms with Crippen LogP contribution in [-0.2, 0) is 6.54 Å². The van der Waals surface area contributed by atoms with Crippen LogP contribution in [0.3, 0.4) is 0 Å². The number of halogens is 1. The zero-order valence-corrected chi connectivity index (χ0v) is 17.8. The number of hydrazine groups is 1. The summed E-state index contributed by atoms with van der Waals surface area (Å²) in [6, 6.07) is 12.8. The molecule has 7 heteroatoms. The number of rotatable bonds is 7. The van der Waals surface area contributed by atoms with Crippen molar-refractivity contribution in [2.75, 3.05) is 0 Å². The number of carbonyl (C=O) groups is 1. The molecule has 4 rings (SSSR count). The lowest BCUT2D eigenvalue weighted by Gasteiger charge is -2.13. The maximum Gasteiger partial charge on any atom is 0.271 e. The van der Waals surface area contributed by atoms with Gasteiger partial charge in [0.1, 0.15) is 5.56 Å². The Morgan fingerprint density at radius 2 is 1.94 bits per heavy atom. The molecular formula is C24H25FN4O2. The molecule has 0 aliphatic heterocycles. The predicted octanol–water partition coefficient (Wildman–Crippen LogP) is 4.65. The first-order valence-electron chi connectivity index (χ1n) is 10.3. The molecule has 1 aliphatic rings. The third-order valence-electron chi connectivity index (χ3n) is 5.32. The Morgan fingerprint density at radius 3 is 2.68 bits per heavy atom. The largest absolute Gasteiger partial charge is 0.434 e. The number of ether oxygens (including phenoxy) is 1. The van der Waals surface area contributed by atoms with Gasteiger partial charge >= 0.3 is 0 Å². The number of aromatic nitrogens is 2. The van der Waals surface area contributed by atoms with Crippen LogP contribution in [0.4, 0.5) is 4.39 Å². The summed E-state index contributed by atoms with van der Waals surface area (Å²) in [5.74, 6) is -0.601. The molecule has 160 valence electrons. The molecule has 0 atom stereocenters. The van der Waals surface area contributed by atoms with Crippen molar-refractivity contribution in [1.82, 2.24) is 21.0 Å². The highest BCUT2D eigenvalue weighted by Gasteiger charge is 2.28. The van der Waals surface area contributed by atoms with Crippen molar-refractivity contribution in [3.8, 4) is 11.6 Å². The normalized spacial score (nSPS) is 13.2. The zero-order valence-electron chi connectivity index (χ0n) is 17.8. The van der Waals surface area contributed by atoms with Crippen LogP contribution in [0.1, 0.15) is 57.1 Å². The Bertz CT molecular complexity index is 1130. The first kappa shape index (κ1) is 20.9. The topological polar surface area (TPSA) is 76.1 Å². The van der Waals surface area contributed by atoms with Crippen LogP contribution >= 0.6 is 0 Å².